The van der Waals surface area contributed by atoms with Crippen LogP contribution in [0.1, 0.15) is 11.1 Å². The van der Waals surface area contributed by atoms with Gasteiger partial charge in [-0.25, -0.2) is 8.42 Å². The SMILES string of the molecule is COCC(=O)Nc1ccc(NS(=O)(=O)c2ccc(C)cc2)cc1C. The van der Waals surface area contributed by atoms with E-state index in [4.69, 9.17) is 4.74 Å². The first-order valence-electron chi connectivity index (χ1n) is 7.31. The lowest BCUT2D eigenvalue weighted by Gasteiger charge is -2.12. The Kier molecular flexibility index (Phi) is 5.58. The number of rotatable bonds is 6. The highest BCUT2D eigenvalue weighted by atomic mass is 32.2. The zero-order valence-corrected chi connectivity index (χ0v) is 14.6. The van der Waals surface area contributed by atoms with Crippen molar-refractivity contribution in [2.24, 2.45) is 0 Å². The van der Waals surface area contributed by atoms with E-state index >= 15 is 0 Å². The van der Waals surface area contributed by atoms with Crippen molar-refractivity contribution in [3.05, 3.63) is 53.6 Å². The van der Waals surface area contributed by atoms with Crippen LogP contribution in [0.15, 0.2) is 47.4 Å². The van der Waals surface area contributed by atoms with Crippen LogP contribution in [0.4, 0.5) is 11.4 Å². The molecule has 1 amide bonds. The zero-order valence-electron chi connectivity index (χ0n) is 13.8. The molecule has 2 aromatic carbocycles. The number of amides is 1. The molecule has 0 heterocycles. The maximum absolute atomic E-state index is 12.4. The molecule has 6 nitrogen and oxygen atoms in total. The summed E-state index contributed by atoms with van der Waals surface area (Å²) in [5.41, 5.74) is 2.76. The van der Waals surface area contributed by atoms with Crippen LogP contribution in [0.25, 0.3) is 0 Å². The molecule has 0 spiro atoms. The summed E-state index contributed by atoms with van der Waals surface area (Å²) in [7, 11) is -2.21. The van der Waals surface area contributed by atoms with Gasteiger partial charge >= 0.3 is 0 Å². The van der Waals surface area contributed by atoms with E-state index in [-0.39, 0.29) is 17.4 Å². The van der Waals surface area contributed by atoms with Crippen LogP contribution >= 0.6 is 0 Å². The van der Waals surface area contributed by atoms with E-state index in [9.17, 15) is 13.2 Å². The van der Waals surface area contributed by atoms with E-state index < -0.39 is 10.0 Å². The minimum atomic E-state index is -3.65. The van der Waals surface area contributed by atoms with Gasteiger partial charge in [0.15, 0.2) is 0 Å². The van der Waals surface area contributed by atoms with E-state index in [2.05, 4.69) is 10.0 Å². The molecule has 24 heavy (non-hydrogen) atoms. The summed E-state index contributed by atoms with van der Waals surface area (Å²) >= 11 is 0. The standard InChI is InChI=1S/C17H20N2O4S/c1-12-4-7-15(8-5-12)24(21,22)19-14-6-9-16(13(2)10-14)18-17(20)11-23-3/h4-10,19H,11H2,1-3H3,(H,18,20). The number of carbonyl (C=O) groups excluding carboxylic acids is 1. The Morgan fingerprint density at radius 1 is 1.08 bits per heavy atom. The van der Waals surface area contributed by atoms with Crippen molar-refractivity contribution in [1.29, 1.82) is 0 Å². The van der Waals surface area contributed by atoms with E-state index in [1.54, 1.807) is 49.4 Å². The molecule has 0 aromatic heterocycles. The smallest absolute Gasteiger partial charge is 0.261 e. The van der Waals surface area contributed by atoms with Crippen LogP contribution < -0.4 is 10.0 Å². The average molecular weight is 348 g/mol. The fourth-order valence-electron chi connectivity index (χ4n) is 2.12. The van der Waals surface area contributed by atoms with Crippen molar-refractivity contribution in [3.63, 3.8) is 0 Å². The Hall–Kier alpha value is -2.38. The summed E-state index contributed by atoms with van der Waals surface area (Å²) < 4.78 is 32.0. The molecule has 128 valence electrons. The lowest BCUT2D eigenvalue weighted by molar-refractivity contribution is -0.119. The average Bonchev–Trinajstić information content (AvgIpc) is 2.50. The number of hydrogen-bond donors (Lipinski definition) is 2. The summed E-state index contributed by atoms with van der Waals surface area (Å²) in [4.78, 5) is 11.7. The van der Waals surface area contributed by atoms with Crippen LogP contribution in [-0.4, -0.2) is 28.0 Å². The summed E-state index contributed by atoms with van der Waals surface area (Å²) in [6.07, 6.45) is 0. The normalized spacial score (nSPS) is 11.1. The van der Waals surface area contributed by atoms with Crippen LogP contribution in [0.3, 0.4) is 0 Å². The molecule has 0 saturated heterocycles. The molecule has 0 atom stereocenters. The first kappa shape index (κ1) is 18.0. The fourth-order valence-corrected chi connectivity index (χ4v) is 3.17. The Labute approximate surface area is 141 Å². The highest BCUT2D eigenvalue weighted by Crippen LogP contribution is 2.22. The molecular formula is C17H20N2O4S. The van der Waals surface area contributed by atoms with Gasteiger partial charge in [0.1, 0.15) is 6.61 Å². The summed E-state index contributed by atoms with van der Waals surface area (Å²) in [6.45, 7) is 3.64. The van der Waals surface area contributed by atoms with E-state index in [1.807, 2.05) is 6.92 Å². The largest absolute Gasteiger partial charge is 0.375 e. The van der Waals surface area contributed by atoms with Gasteiger partial charge in [-0.15, -0.1) is 0 Å². The Morgan fingerprint density at radius 2 is 1.75 bits per heavy atom. The van der Waals surface area contributed by atoms with Crippen LogP contribution in [0.2, 0.25) is 0 Å². The van der Waals surface area contributed by atoms with Gasteiger partial charge in [-0.1, -0.05) is 17.7 Å². The second-order valence-electron chi connectivity index (χ2n) is 5.43. The minimum Gasteiger partial charge on any atom is -0.375 e. The number of anilines is 2. The number of benzene rings is 2. The molecule has 0 aliphatic heterocycles. The number of methoxy groups -OCH3 is 1. The number of aryl methyl sites for hydroxylation is 2. The number of hydrogen-bond acceptors (Lipinski definition) is 4. The highest BCUT2D eigenvalue weighted by molar-refractivity contribution is 7.92. The third-order valence-electron chi connectivity index (χ3n) is 3.36. The molecular weight excluding hydrogens is 328 g/mol. The maximum Gasteiger partial charge on any atom is 0.261 e. The van der Waals surface area contributed by atoms with Crippen LogP contribution in [-0.2, 0) is 19.6 Å². The van der Waals surface area contributed by atoms with Gasteiger partial charge in [0.2, 0.25) is 5.91 Å². The van der Waals surface area contributed by atoms with Crippen molar-refractivity contribution in [2.45, 2.75) is 18.7 Å². The first-order chi connectivity index (χ1) is 11.3. The zero-order chi connectivity index (χ0) is 17.7. The van der Waals surface area contributed by atoms with Gasteiger partial charge in [0.25, 0.3) is 10.0 Å². The van der Waals surface area contributed by atoms with Crippen molar-refractivity contribution in [2.75, 3.05) is 23.8 Å². The van der Waals surface area contributed by atoms with Crippen molar-refractivity contribution in [1.82, 2.24) is 0 Å². The van der Waals surface area contributed by atoms with E-state index in [1.165, 1.54) is 7.11 Å². The molecule has 7 heteroatoms. The molecule has 0 aliphatic rings. The van der Waals surface area contributed by atoms with Gasteiger partial charge in [-0.05, 0) is 49.7 Å². The topological polar surface area (TPSA) is 84.5 Å². The van der Waals surface area contributed by atoms with Gasteiger partial charge in [0.05, 0.1) is 4.90 Å². The monoisotopic (exact) mass is 348 g/mol. The Bertz CT molecular complexity index is 830. The third kappa shape index (κ3) is 4.56. The number of ether oxygens (including phenoxy) is 1. The van der Waals surface area contributed by atoms with Crippen LogP contribution in [0.5, 0.6) is 0 Å². The van der Waals surface area contributed by atoms with Gasteiger partial charge in [0, 0.05) is 18.5 Å². The third-order valence-corrected chi connectivity index (χ3v) is 4.76. The predicted octanol–water partition coefficient (Wildman–Crippen LogP) is 2.69. The fraction of sp³-hybridized carbons (Fsp3) is 0.235. The van der Waals surface area contributed by atoms with Crippen LogP contribution in [0, 0.1) is 13.8 Å². The number of nitrogens with one attached hydrogen (secondary N) is 2. The van der Waals surface area contributed by atoms with E-state index in [0.717, 1.165) is 11.1 Å². The second-order valence-corrected chi connectivity index (χ2v) is 7.11. The summed E-state index contributed by atoms with van der Waals surface area (Å²) in [6, 6.07) is 11.5. The second kappa shape index (κ2) is 7.46. The summed E-state index contributed by atoms with van der Waals surface area (Å²) in [5.74, 6) is -0.270. The van der Waals surface area contributed by atoms with Crippen molar-refractivity contribution in [3.8, 4) is 0 Å². The quantitative estimate of drug-likeness (QED) is 0.840. The van der Waals surface area contributed by atoms with Gasteiger partial charge < -0.3 is 10.1 Å². The maximum atomic E-state index is 12.4. The molecule has 0 unspecified atom stereocenters. The molecule has 2 rings (SSSR count). The van der Waals surface area contributed by atoms with Crippen molar-refractivity contribution >= 4 is 27.3 Å². The minimum absolute atomic E-state index is 0.0404. The molecule has 0 radical (unpaired) electrons. The molecule has 0 aliphatic carbocycles. The highest BCUT2D eigenvalue weighted by Gasteiger charge is 2.14. The molecule has 0 fully saturated rings. The summed E-state index contributed by atoms with van der Waals surface area (Å²) in [5, 5.41) is 2.70. The Morgan fingerprint density at radius 3 is 2.33 bits per heavy atom. The first-order valence-corrected chi connectivity index (χ1v) is 8.79. The number of carbonyl (C=O) groups is 1. The molecule has 2 aromatic rings. The molecule has 2 N–H and O–H groups in total. The predicted molar refractivity (Wildman–Crippen MR) is 93.7 cm³/mol. The lowest BCUT2D eigenvalue weighted by Crippen LogP contribution is -2.18. The van der Waals surface area contributed by atoms with Gasteiger partial charge in [-0.3, -0.25) is 9.52 Å². The van der Waals surface area contributed by atoms with Crippen molar-refractivity contribution < 1.29 is 17.9 Å². The van der Waals surface area contributed by atoms with E-state index in [0.29, 0.717) is 11.4 Å². The Balaban J connectivity index is 2.17. The molecule has 0 saturated carbocycles. The lowest BCUT2D eigenvalue weighted by atomic mass is 10.2. The molecule has 0 bridgehead atoms. The number of sulfonamides is 1. The van der Waals surface area contributed by atoms with Gasteiger partial charge in [-0.2, -0.15) is 0 Å².